The van der Waals surface area contributed by atoms with Crippen molar-refractivity contribution in [3.05, 3.63) is 0 Å². The van der Waals surface area contributed by atoms with E-state index in [0.717, 1.165) is 43.1 Å². The van der Waals surface area contributed by atoms with Crippen LogP contribution in [-0.2, 0) is 0 Å². The van der Waals surface area contributed by atoms with Crippen molar-refractivity contribution < 1.29 is 10.2 Å². The van der Waals surface area contributed by atoms with E-state index in [1.54, 1.807) is 0 Å². The van der Waals surface area contributed by atoms with E-state index in [4.69, 9.17) is 0 Å². The van der Waals surface area contributed by atoms with Crippen molar-refractivity contribution in [3.63, 3.8) is 0 Å². The first-order chi connectivity index (χ1) is 11.5. The fraction of sp³-hybridized carbons (Fsp3) is 1.00. The number of aliphatic hydroxyl groups excluding tert-OH is 2. The summed E-state index contributed by atoms with van der Waals surface area (Å²) in [5.74, 6) is 3.42. The van der Waals surface area contributed by atoms with Crippen LogP contribution in [0.15, 0.2) is 0 Å². The molecule has 8 atom stereocenters. The molecule has 3 nitrogen and oxygen atoms in total. The Kier molecular flexibility index (Phi) is 4.50. The summed E-state index contributed by atoms with van der Waals surface area (Å²) in [4.78, 5) is 0. The van der Waals surface area contributed by atoms with E-state index in [1.165, 1.54) is 44.9 Å². The predicted octanol–water partition coefficient (Wildman–Crippen LogP) is 3.34. The van der Waals surface area contributed by atoms with E-state index >= 15 is 0 Å². The summed E-state index contributed by atoms with van der Waals surface area (Å²) in [7, 11) is 0. The minimum absolute atomic E-state index is 0.0352. The van der Waals surface area contributed by atoms with Gasteiger partial charge in [-0.1, -0.05) is 13.8 Å². The second kappa shape index (κ2) is 6.25. The highest BCUT2D eigenvalue weighted by atomic mass is 16.3. The zero-order valence-electron chi connectivity index (χ0n) is 15.6. The summed E-state index contributed by atoms with van der Waals surface area (Å²) in [6.45, 7) is 6.11. The molecular weight excluding hydrogens is 298 g/mol. The van der Waals surface area contributed by atoms with Gasteiger partial charge in [0.05, 0.1) is 12.7 Å². The van der Waals surface area contributed by atoms with Crippen LogP contribution in [0.25, 0.3) is 0 Å². The molecule has 0 saturated heterocycles. The molecule has 4 fully saturated rings. The van der Waals surface area contributed by atoms with Gasteiger partial charge in [0.2, 0.25) is 0 Å². The maximum atomic E-state index is 10.1. The van der Waals surface area contributed by atoms with Crippen LogP contribution >= 0.6 is 0 Å². The molecule has 0 amide bonds. The molecule has 0 spiro atoms. The highest BCUT2D eigenvalue weighted by molar-refractivity contribution is 5.10. The van der Waals surface area contributed by atoms with Gasteiger partial charge in [0.15, 0.2) is 0 Å². The van der Waals surface area contributed by atoms with Crippen molar-refractivity contribution in [1.29, 1.82) is 0 Å². The third kappa shape index (κ3) is 2.49. The van der Waals surface area contributed by atoms with E-state index in [0.29, 0.717) is 16.9 Å². The first-order valence-electron chi connectivity index (χ1n) is 10.5. The van der Waals surface area contributed by atoms with Gasteiger partial charge in [-0.05, 0) is 92.3 Å². The van der Waals surface area contributed by atoms with Crippen LogP contribution in [-0.4, -0.2) is 35.5 Å². The van der Waals surface area contributed by atoms with Gasteiger partial charge in [-0.25, -0.2) is 0 Å². The monoisotopic (exact) mass is 335 g/mol. The molecule has 4 aliphatic rings. The van der Waals surface area contributed by atoms with Crippen LogP contribution in [0.2, 0.25) is 0 Å². The standard InChI is InChI=1S/C21H37NO2/c1-20-9-7-15(24)13-14(20)3-4-16-17-5-6-19(22-11-12-23)21(17,2)10-8-18(16)20/h14-19,22-24H,3-13H2,1-2H3/t14-,15-,16-,17-,18-,19+,20-,21-/m0/s1. The topological polar surface area (TPSA) is 52.5 Å². The van der Waals surface area contributed by atoms with E-state index in [-0.39, 0.29) is 12.7 Å². The van der Waals surface area contributed by atoms with Crippen LogP contribution in [0.1, 0.15) is 71.6 Å². The number of nitrogens with one attached hydrogen (secondary N) is 1. The zero-order valence-corrected chi connectivity index (χ0v) is 15.6. The largest absolute Gasteiger partial charge is 0.395 e. The van der Waals surface area contributed by atoms with Crippen molar-refractivity contribution >= 4 is 0 Å². The third-order valence-electron chi connectivity index (χ3n) is 9.14. The molecule has 24 heavy (non-hydrogen) atoms. The van der Waals surface area contributed by atoms with Crippen molar-refractivity contribution in [2.24, 2.45) is 34.5 Å². The van der Waals surface area contributed by atoms with E-state index < -0.39 is 0 Å². The molecule has 4 aliphatic carbocycles. The van der Waals surface area contributed by atoms with Crippen molar-refractivity contribution in [2.45, 2.75) is 83.8 Å². The Hall–Kier alpha value is -0.120. The lowest BCUT2D eigenvalue weighted by molar-refractivity contribution is -0.123. The molecule has 0 aliphatic heterocycles. The summed E-state index contributed by atoms with van der Waals surface area (Å²) in [6.07, 6.45) is 11.4. The van der Waals surface area contributed by atoms with E-state index in [2.05, 4.69) is 19.2 Å². The Morgan fingerprint density at radius 2 is 1.67 bits per heavy atom. The molecule has 0 bridgehead atoms. The van der Waals surface area contributed by atoms with Crippen LogP contribution in [0.3, 0.4) is 0 Å². The molecule has 0 aromatic heterocycles. The van der Waals surface area contributed by atoms with Crippen LogP contribution in [0, 0.1) is 34.5 Å². The normalized spacial score (nSPS) is 54.0. The van der Waals surface area contributed by atoms with Crippen molar-refractivity contribution in [1.82, 2.24) is 5.32 Å². The molecule has 4 saturated carbocycles. The Balaban J connectivity index is 1.54. The number of rotatable bonds is 3. The molecule has 3 heteroatoms. The summed E-state index contributed by atoms with van der Waals surface area (Å²) < 4.78 is 0. The number of hydrogen-bond donors (Lipinski definition) is 3. The highest BCUT2D eigenvalue weighted by Gasteiger charge is 2.59. The highest BCUT2D eigenvalue weighted by Crippen LogP contribution is 2.66. The first kappa shape index (κ1) is 17.3. The predicted molar refractivity (Wildman–Crippen MR) is 96.6 cm³/mol. The van der Waals surface area contributed by atoms with E-state index in [1.807, 2.05) is 0 Å². The summed E-state index contributed by atoms with van der Waals surface area (Å²) in [5, 5.41) is 23.0. The van der Waals surface area contributed by atoms with Crippen LogP contribution in [0.5, 0.6) is 0 Å². The fourth-order valence-corrected chi connectivity index (χ4v) is 7.81. The maximum Gasteiger partial charge on any atom is 0.0556 e. The Morgan fingerprint density at radius 3 is 2.46 bits per heavy atom. The minimum atomic E-state index is -0.0352. The molecule has 0 radical (unpaired) electrons. The summed E-state index contributed by atoms with van der Waals surface area (Å²) >= 11 is 0. The average molecular weight is 336 g/mol. The number of aliphatic hydroxyl groups is 2. The van der Waals surface area contributed by atoms with Gasteiger partial charge < -0.3 is 15.5 Å². The Morgan fingerprint density at radius 1 is 0.917 bits per heavy atom. The molecule has 0 aromatic rings. The molecule has 3 N–H and O–H groups in total. The lowest BCUT2D eigenvalue weighted by Gasteiger charge is -2.61. The van der Waals surface area contributed by atoms with Gasteiger partial charge in [0.25, 0.3) is 0 Å². The lowest BCUT2D eigenvalue weighted by atomic mass is 9.45. The van der Waals surface area contributed by atoms with Gasteiger partial charge in [0.1, 0.15) is 0 Å². The minimum Gasteiger partial charge on any atom is -0.395 e. The zero-order chi connectivity index (χ0) is 16.9. The van der Waals surface area contributed by atoms with Gasteiger partial charge >= 0.3 is 0 Å². The average Bonchev–Trinajstić information content (AvgIpc) is 2.90. The molecular formula is C21H37NO2. The first-order valence-corrected chi connectivity index (χ1v) is 10.5. The lowest BCUT2D eigenvalue weighted by Crippen LogP contribution is -2.55. The smallest absolute Gasteiger partial charge is 0.0556 e. The molecule has 4 rings (SSSR count). The van der Waals surface area contributed by atoms with Crippen molar-refractivity contribution in [3.8, 4) is 0 Å². The van der Waals surface area contributed by atoms with Crippen LogP contribution in [0.4, 0.5) is 0 Å². The SMILES string of the molecule is C[C@]12CC[C@H](O)C[C@@H]1CC[C@@H]1[C@@H]2CC[C@]2(C)[C@H](NCCO)CC[C@@H]12. The van der Waals surface area contributed by atoms with Crippen molar-refractivity contribution in [2.75, 3.05) is 13.2 Å². The van der Waals surface area contributed by atoms with E-state index in [9.17, 15) is 10.2 Å². The second-order valence-corrected chi connectivity index (χ2v) is 9.94. The Labute approximate surface area is 147 Å². The molecule has 0 heterocycles. The Bertz CT molecular complexity index is 469. The van der Waals surface area contributed by atoms with Gasteiger partial charge in [-0.2, -0.15) is 0 Å². The summed E-state index contributed by atoms with van der Waals surface area (Å²) in [6, 6.07) is 0.606. The maximum absolute atomic E-state index is 10.1. The van der Waals surface area contributed by atoms with Gasteiger partial charge in [-0.3, -0.25) is 0 Å². The fourth-order valence-electron chi connectivity index (χ4n) is 7.81. The number of hydrogen-bond acceptors (Lipinski definition) is 3. The quantitative estimate of drug-likeness (QED) is 0.741. The van der Waals surface area contributed by atoms with Gasteiger partial charge in [-0.15, -0.1) is 0 Å². The second-order valence-electron chi connectivity index (χ2n) is 9.94. The molecule has 138 valence electrons. The van der Waals surface area contributed by atoms with Crippen LogP contribution < -0.4 is 5.32 Å². The third-order valence-corrected chi connectivity index (χ3v) is 9.14. The summed E-state index contributed by atoms with van der Waals surface area (Å²) in [5.41, 5.74) is 0.924. The number of fused-ring (bicyclic) bond motifs is 5. The molecule has 0 unspecified atom stereocenters. The molecule has 0 aromatic carbocycles. The van der Waals surface area contributed by atoms with Gasteiger partial charge in [0, 0.05) is 12.6 Å².